The lowest BCUT2D eigenvalue weighted by Crippen LogP contribution is -2.45. The summed E-state index contributed by atoms with van der Waals surface area (Å²) in [6.45, 7) is 6.43. The number of terminal acetylenes is 1. The number of rotatable bonds is 4. The van der Waals surface area contributed by atoms with Gasteiger partial charge < -0.3 is 15.0 Å². The van der Waals surface area contributed by atoms with Gasteiger partial charge >= 0.3 is 12.0 Å². The maximum absolute atomic E-state index is 12.6. The molecule has 1 aromatic heterocycles. The first-order valence-corrected chi connectivity index (χ1v) is 8.79. The summed E-state index contributed by atoms with van der Waals surface area (Å²) in [4.78, 5) is 31.3. The Morgan fingerprint density at radius 2 is 2.21 bits per heavy atom. The minimum Gasteiger partial charge on any atom is -0.464 e. The number of carbonyl (C=O) groups is 2. The van der Waals surface area contributed by atoms with Gasteiger partial charge in [0.2, 0.25) is 0 Å². The van der Waals surface area contributed by atoms with Gasteiger partial charge in [0.05, 0.1) is 19.2 Å². The topological polar surface area (TPSA) is 71.5 Å². The number of aryl methyl sites for hydroxylation is 1. The van der Waals surface area contributed by atoms with Crippen LogP contribution < -0.4 is 5.32 Å². The molecule has 2 atom stereocenters. The summed E-state index contributed by atoms with van der Waals surface area (Å²) in [5, 5.41) is 3.67. The molecule has 130 valence electrons. The average Bonchev–Trinajstić information content (AvgIpc) is 3.17. The molecule has 6 nitrogen and oxygen atoms in total. The fourth-order valence-corrected chi connectivity index (χ4v) is 3.79. The lowest BCUT2D eigenvalue weighted by molar-refractivity contribution is 0.0593. The lowest BCUT2D eigenvalue weighted by Gasteiger charge is -2.26. The van der Waals surface area contributed by atoms with Crippen molar-refractivity contribution in [1.29, 1.82) is 0 Å². The average molecular weight is 349 g/mol. The largest absolute Gasteiger partial charge is 0.464 e. The summed E-state index contributed by atoms with van der Waals surface area (Å²) in [7, 11) is 1.34. The second kappa shape index (κ2) is 7.67. The van der Waals surface area contributed by atoms with Crippen molar-refractivity contribution in [3.05, 3.63) is 15.6 Å². The molecule has 1 saturated heterocycles. The third-order valence-electron chi connectivity index (χ3n) is 4.12. The van der Waals surface area contributed by atoms with E-state index in [1.165, 1.54) is 18.4 Å². The van der Waals surface area contributed by atoms with Crippen molar-refractivity contribution in [2.45, 2.75) is 45.7 Å². The van der Waals surface area contributed by atoms with E-state index in [1.54, 1.807) is 4.90 Å². The summed E-state index contributed by atoms with van der Waals surface area (Å²) < 4.78 is 4.75. The van der Waals surface area contributed by atoms with Gasteiger partial charge in [0.25, 0.3) is 0 Å². The zero-order valence-corrected chi connectivity index (χ0v) is 15.3. The zero-order valence-electron chi connectivity index (χ0n) is 14.5. The predicted octanol–water partition coefficient (Wildman–Crippen LogP) is 2.74. The molecule has 0 aromatic carbocycles. The second-order valence-corrected chi connectivity index (χ2v) is 7.37. The zero-order chi connectivity index (χ0) is 17.9. The van der Waals surface area contributed by atoms with Crippen molar-refractivity contribution in [3.8, 4) is 12.3 Å². The van der Waals surface area contributed by atoms with Gasteiger partial charge in [-0.05, 0) is 25.7 Å². The molecule has 2 amide bonds. The minimum absolute atomic E-state index is 0.127. The van der Waals surface area contributed by atoms with Gasteiger partial charge in [-0.15, -0.1) is 17.8 Å². The van der Waals surface area contributed by atoms with Crippen molar-refractivity contribution in [2.75, 3.05) is 13.7 Å². The molecule has 0 bridgehead atoms. The summed E-state index contributed by atoms with van der Waals surface area (Å²) in [6, 6.07) is -0.610. The van der Waals surface area contributed by atoms with Crippen molar-refractivity contribution in [2.24, 2.45) is 5.92 Å². The van der Waals surface area contributed by atoms with E-state index in [9.17, 15) is 9.59 Å². The fourth-order valence-electron chi connectivity index (χ4n) is 2.73. The first kappa shape index (κ1) is 18.3. The Labute approximate surface area is 146 Å². The summed E-state index contributed by atoms with van der Waals surface area (Å²) in [6.07, 6.45) is 7.21. The Bertz CT molecular complexity index is 663. The third kappa shape index (κ3) is 3.70. The number of esters is 1. The molecule has 0 radical (unpaired) electrons. The Balaban J connectivity index is 2.17. The molecule has 24 heavy (non-hydrogen) atoms. The van der Waals surface area contributed by atoms with Crippen LogP contribution in [-0.4, -0.2) is 41.6 Å². The number of ether oxygens (including phenoxy) is 1. The molecule has 1 aliphatic heterocycles. The number of hydrogen-bond acceptors (Lipinski definition) is 5. The number of amides is 2. The number of carbonyl (C=O) groups excluding carboxylic acids is 2. The van der Waals surface area contributed by atoms with Crippen LogP contribution in [0.1, 0.15) is 53.1 Å². The molecule has 2 unspecified atom stereocenters. The first-order valence-electron chi connectivity index (χ1n) is 7.98. The standard InChI is InChI=1S/C17H23N3O3S/c1-6-12(10(2)3)18-17(22)20-9-7-8-13(20)15-19-14(11(4)24-15)16(21)23-5/h1,10,12-13H,7-9H2,2-5H3,(H,18,22). The highest BCUT2D eigenvalue weighted by molar-refractivity contribution is 7.12. The maximum atomic E-state index is 12.6. The van der Waals surface area contributed by atoms with Crippen LogP contribution >= 0.6 is 11.3 Å². The summed E-state index contributed by atoms with van der Waals surface area (Å²) >= 11 is 1.43. The molecular formula is C17H23N3O3S. The highest BCUT2D eigenvalue weighted by Crippen LogP contribution is 2.35. The quantitative estimate of drug-likeness (QED) is 0.670. The number of methoxy groups -OCH3 is 1. The molecule has 0 saturated carbocycles. The molecule has 1 N–H and O–H groups in total. The van der Waals surface area contributed by atoms with Gasteiger partial charge in [0.1, 0.15) is 5.01 Å². The van der Waals surface area contributed by atoms with Crippen LogP contribution in [0.4, 0.5) is 4.79 Å². The van der Waals surface area contributed by atoms with Crippen LogP contribution in [0.25, 0.3) is 0 Å². The smallest absolute Gasteiger partial charge is 0.357 e. The molecule has 2 heterocycles. The fraction of sp³-hybridized carbons (Fsp3) is 0.588. The van der Waals surface area contributed by atoms with E-state index in [4.69, 9.17) is 11.2 Å². The van der Waals surface area contributed by atoms with Crippen LogP contribution in [0.15, 0.2) is 0 Å². The SMILES string of the molecule is C#CC(NC(=O)N1CCCC1c1nc(C(=O)OC)c(C)s1)C(C)C. The van der Waals surface area contributed by atoms with E-state index >= 15 is 0 Å². The van der Waals surface area contributed by atoms with Gasteiger partial charge in [0, 0.05) is 11.4 Å². The molecule has 1 fully saturated rings. The van der Waals surface area contributed by atoms with Gasteiger partial charge in [-0.3, -0.25) is 0 Å². The van der Waals surface area contributed by atoms with Crippen molar-refractivity contribution in [1.82, 2.24) is 15.2 Å². The van der Waals surface area contributed by atoms with Gasteiger partial charge in [-0.25, -0.2) is 14.6 Å². The predicted molar refractivity (Wildman–Crippen MR) is 92.9 cm³/mol. The number of likely N-dealkylation sites (tertiary alicyclic amines) is 1. The van der Waals surface area contributed by atoms with Crippen LogP contribution in [0.3, 0.4) is 0 Å². The lowest BCUT2D eigenvalue weighted by atomic mass is 10.1. The molecule has 1 aromatic rings. The number of hydrogen-bond donors (Lipinski definition) is 1. The van der Waals surface area contributed by atoms with Crippen molar-refractivity contribution >= 4 is 23.3 Å². The van der Waals surface area contributed by atoms with E-state index < -0.39 is 5.97 Å². The molecule has 7 heteroatoms. The summed E-state index contributed by atoms with van der Waals surface area (Å²) in [5.41, 5.74) is 0.327. The van der Waals surface area contributed by atoms with Crippen molar-refractivity contribution in [3.63, 3.8) is 0 Å². The third-order valence-corrected chi connectivity index (χ3v) is 5.19. The molecule has 0 aliphatic carbocycles. The van der Waals surface area contributed by atoms with Crippen LogP contribution in [0, 0.1) is 25.2 Å². The number of thiazole rings is 1. The number of urea groups is 1. The summed E-state index contributed by atoms with van der Waals surface area (Å²) in [5.74, 6) is 2.33. The Morgan fingerprint density at radius 1 is 1.50 bits per heavy atom. The van der Waals surface area contributed by atoms with Gasteiger partial charge in [0.15, 0.2) is 5.69 Å². The van der Waals surface area contributed by atoms with E-state index in [2.05, 4.69) is 16.2 Å². The number of aromatic nitrogens is 1. The van der Waals surface area contributed by atoms with E-state index in [1.807, 2.05) is 20.8 Å². The van der Waals surface area contributed by atoms with Gasteiger partial charge in [-0.2, -0.15) is 0 Å². The van der Waals surface area contributed by atoms with Crippen LogP contribution in [-0.2, 0) is 4.74 Å². The number of nitrogens with one attached hydrogen (secondary N) is 1. The molecule has 0 spiro atoms. The molecule has 1 aliphatic rings. The second-order valence-electron chi connectivity index (χ2n) is 6.14. The van der Waals surface area contributed by atoms with Crippen molar-refractivity contribution < 1.29 is 14.3 Å². The van der Waals surface area contributed by atoms with Gasteiger partial charge in [-0.1, -0.05) is 19.8 Å². The van der Waals surface area contributed by atoms with Crippen LogP contribution in [0.5, 0.6) is 0 Å². The Hall–Kier alpha value is -2.07. The highest BCUT2D eigenvalue weighted by Gasteiger charge is 2.34. The van der Waals surface area contributed by atoms with E-state index in [0.29, 0.717) is 12.2 Å². The first-order chi connectivity index (χ1) is 11.4. The van der Waals surface area contributed by atoms with E-state index in [0.717, 1.165) is 22.7 Å². The maximum Gasteiger partial charge on any atom is 0.357 e. The minimum atomic E-state index is -0.448. The Kier molecular flexibility index (Phi) is 5.84. The number of nitrogens with zero attached hydrogens (tertiary/aromatic N) is 2. The normalized spacial score (nSPS) is 18.3. The monoisotopic (exact) mass is 349 g/mol. The Morgan fingerprint density at radius 3 is 2.79 bits per heavy atom. The molecular weight excluding hydrogens is 326 g/mol. The molecule has 2 rings (SSSR count). The highest BCUT2D eigenvalue weighted by atomic mass is 32.1. The van der Waals surface area contributed by atoms with E-state index in [-0.39, 0.29) is 24.0 Å². The van der Waals surface area contributed by atoms with Crippen LogP contribution in [0.2, 0.25) is 0 Å².